The van der Waals surface area contributed by atoms with Crippen molar-refractivity contribution in [2.24, 2.45) is 17.3 Å². The van der Waals surface area contributed by atoms with Crippen LogP contribution in [0.1, 0.15) is 73.1 Å². The Morgan fingerprint density at radius 1 is 1.12 bits per heavy atom. The molecule has 0 radical (unpaired) electrons. The Morgan fingerprint density at radius 3 is 2.38 bits per heavy atom. The molecular weight excluding hydrogens is 302 g/mol. The summed E-state index contributed by atoms with van der Waals surface area (Å²) in [4.78, 5) is 26.0. The van der Waals surface area contributed by atoms with E-state index in [0.717, 1.165) is 32.1 Å². The fourth-order valence-electron chi connectivity index (χ4n) is 3.06. The molecule has 0 saturated carbocycles. The SMILES string of the molecule is CC1CCCCC(C)C(=O)N(C)/C=C/CC(=O)OC(C(C)(C)C)C1. The van der Waals surface area contributed by atoms with E-state index in [4.69, 9.17) is 4.74 Å². The maximum absolute atomic E-state index is 12.3. The molecule has 0 fully saturated rings. The zero-order chi connectivity index (χ0) is 18.3. The number of amides is 1. The van der Waals surface area contributed by atoms with Crippen LogP contribution >= 0.6 is 0 Å². The molecule has 0 aromatic carbocycles. The van der Waals surface area contributed by atoms with Gasteiger partial charge in [-0.2, -0.15) is 0 Å². The van der Waals surface area contributed by atoms with E-state index in [2.05, 4.69) is 27.7 Å². The second-order valence-corrected chi connectivity index (χ2v) is 8.41. The average Bonchev–Trinajstić information content (AvgIpc) is 2.48. The van der Waals surface area contributed by atoms with Gasteiger partial charge in [-0.1, -0.05) is 60.0 Å². The van der Waals surface area contributed by atoms with Crippen LogP contribution in [0.25, 0.3) is 0 Å². The van der Waals surface area contributed by atoms with Crippen LogP contribution in [0.5, 0.6) is 0 Å². The second-order valence-electron chi connectivity index (χ2n) is 8.41. The van der Waals surface area contributed by atoms with Gasteiger partial charge in [0.05, 0.1) is 6.42 Å². The lowest BCUT2D eigenvalue weighted by Crippen LogP contribution is -2.33. The fraction of sp³-hybridized carbons (Fsp3) is 0.800. The van der Waals surface area contributed by atoms with Gasteiger partial charge in [0.1, 0.15) is 6.10 Å². The fourth-order valence-corrected chi connectivity index (χ4v) is 3.06. The third kappa shape index (κ3) is 7.06. The Bertz CT molecular complexity index is 450. The van der Waals surface area contributed by atoms with Crippen molar-refractivity contribution in [3.63, 3.8) is 0 Å². The monoisotopic (exact) mass is 337 g/mol. The number of esters is 1. The highest BCUT2D eigenvalue weighted by Gasteiger charge is 2.29. The summed E-state index contributed by atoms with van der Waals surface area (Å²) in [5.41, 5.74) is -0.0666. The number of hydrogen-bond donors (Lipinski definition) is 0. The van der Waals surface area contributed by atoms with Crippen LogP contribution in [-0.2, 0) is 14.3 Å². The van der Waals surface area contributed by atoms with E-state index >= 15 is 0 Å². The molecule has 0 N–H and O–H groups in total. The number of hydrogen-bond acceptors (Lipinski definition) is 3. The molecule has 0 bridgehead atoms. The van der Waals surface area contributed by atoms with Crippen molar-refractivity contribution in [3.8, 4) is 0 Å². The molecule has 0 aromatic rings. The molecule has 1 aliphatic rings. The molecule has 4 nitrogen and oxygen atoms in total. The number of ether oxygens (including phenoxy) is 1. The van der Waals surface area contributed by atoms with Gasteiger partial charge in [-0.15, -0.1) is 0 Å². The van der Waals surface area contributed by atoms with Crippen LogP contribution in [0.3, 0.4) is 0 Å². The van der Waals surface area contributed by atoms with Crippen molar-refractivity contribution in [2.45, 2.75) is 79.2 Å². The molecule has 0 aromatic heterocycles. The normalized spacial score (nSPS) is 30.2. The number of nitrogens with zero attached hydrogens (tertiary/aromatic N) is 1. The Kier molecular flexibility index (Phi) is 7.98. The molecule has 0 spiro atoms. The van der Waals surface area contributed by atoms with Crippen molar-refractivity contribution < 1.29 is 14.3 Å². The average molecular weight is 338 g/mol. The molecule has 1 rings (SSSR count). The van der Waals surface area contributed by atoms with Crippen molar-refractivity contribution in [3.05, 3.63) is 12.3 Å². The molecule has 0 saturated heterocycles. The van der Waals surface area contributed by atoms with Crippen molar-refractivity contribution in [1.82, 2.24) is 4.90 Å². The molecule has 1 aliphatic heterocycles. The van der Waals surface area contributed by atoms with Crippen molar-refractivity contribution in [1.29, 1.82) is 0 Å². The molecule has 0 aliphatic carbocycles. The molecule has 24 heavy (non-hydrogen) atoms. The minimum Gasteiger partial charge on any atom is -0.462 e. The van der Waals surface area contributed by atoms with E-state index in [1.165, 1.54) is 0 Å². The third-order valence-corrected chi connectivity index (χ3v) is 4.82. The smallest absolute Gasteiger partial charge is 0.309 e. The maximum Gasteiger partial charge on any atom is 0.309 e. The highest BCUT2D eigenvalue weighted by molar-refractivity contribution is 5.79. The number of rotatable bonds is 0. The lowest BCUT2D eigenvalue weighted by Gasteiger charge is -2.32. The Balaban J connectivity index is 2.85. The summed E-state index contributed by atoms with van der Waals surface area (Å²) in [5, 5.41) is 0. The molecule has 1 heterocycles. The molecule has 3 unspecified atom stereocenters. The molecule has 4 heteroatoms. The van der Waals surface area contributed by atoms with Gasteiger partial charge in [-0.05, 0) is 24.2 Å². The maximum atomic E-state index is 12.3. The summed E-state index contributed by atoms with van der Waals surface area (Å²) in [6, 6.07) is 0. The summed E-state index contributed by atoms with van der Waals surface area (Å²) < 4.78 is 5.75. The van der Waals surface area contributed by atoms with Gasteiger partial charge >= 0.3 is 5.97 Å². The van der Waals surface area contributed by atoms with E-state index in [9.17, 15) is 9.59 Å². The Hall–Kier alpha value is -1.32. The molecular formula is C20H35NO3. The highest BCUT2D eigenvalue weighted by atomic mass is 16.5. The zero-order valence-corrected chi connectivity index (χ0v) is 16.3. The summed E-state index contributed by atoms with van der Waals surface area (Å²) in [6.07, 6.45) is 8.64. The summed E-state index contributed by atoms with van der Waals surface area (Å²) in [5.74, 6) is 0.419. The van der Waals surface area contributed by atoms with Gasteiger partial charge in [0.2, 0.25) is 5.91 Å². The highest BCUT2D eigenvalue weighted by Crippen LogP contribution is 2.30. The van der Waals surface area contributed by atoms with Crippen LogP contribution in [0, 0.1) is 17.3 Å². The number of carbonyl (C=O) groups excluding carboxylic acids is 2. The summed E-state index contributed by atoms with van der Waals surface area (Å²) >= 11 is 0. The lowest BCUT2D eigenvalue weighted by atomic mass is 9.82. The van der Waals surface area contributed by atoms with Gasteiger partial charge in [-0.25, -0.2) is 0 Å². The second kappa shape index (κ2) is 9.24. The van der Waals surface area contributed by atoms with Crippen LogP contribution in [0.15, 0.2) is 12.3 Å². The van der Waals surface area contributed by atoms with Crippen LogP contribution < -0.4 is 0 Å². The first-order valence-electron chi connectivity index (χ1n) is 9.24. The Morgan fingerprint density at radius 2 is 1.75 bits per heavy atom. The van der Waals surface area contributed by atoms with Gasteiger partial charge in [0.15, 0.2) is 0 Å². The molecule has 138 valence electrons. The van der Waals surface area contributed by atoms with Gasteiger partial charge in [-0.3, -0.25) is 9.59 Å². The molecule has 3 atom stereocenters. The van der Waals surface area contributed by atoms with E-state index in [1.54, 1.807) is 24.2 Å². The minimum atomic E-state index is -0.220. The zero-order valence-electron chi connectivity index (χ0n) is 16.3. The Labute approximate surface area is 147 Å². The van der Waals surface area contributed by atoms with E-state index in [1.807, 2.05) is 6.92 Å². The minimum absolute atomic E-state index is 0.0226. The predicted octanol–water partition coefficient (Wildman–Crippen LogP) is 4.54. The first-order chi connectivity index (χ1) is 11.1. The predicted molar refractivity (Wildman–Crippen MR) is 97.3 cm³/mol. The standard InChI is InChI=1S/C20H35NO3/c1-15-10-7-8-11-16(2)19(23)21(6)13-9-12-18(22)24-17(14-15)20(3,4)5/h9,13,15-17H,7-8,10-12,14H2,1-6H3/b13-9+. The summed E-state index contributed by atoms with van der Waals surface area (Å²) in [7, 11) is 1.75. The van der Waals surface area contributed by atoms with Gasteiger partial charge in [0.25, 0.3) is 0 Å². The van der Waals surface area contributed by atoms with Crippen LogP contribution in [-0.4, -0.2) is 29.9 Å². The van der Waals surface area contributed by atoms with Gasteiger partial charge < -0.3 is 9.64 Å². The van der Waals surface area contributed by atoms with Crippen molar-refractivity contribution in [2.75, 3.05) is 7.05 Å². The van der Waals surface area contributed by atoms with E-state index < -0.39 is 0 Å². The van der Waals surface area contributed by atoms with Crippen LogP contribution in [0.2, 0.25) is 0 Å². The lowest BCUT2D eigenvalue weighted by molar-refractivity contribution is -0.155. The van der Waals surface area contributed by atoms with E-state index in [-0.39, 0.29) is 35.7 Å². The third-order valence-electron chi connectivity index (χ3n) is 4.82. The number of cyclic esters (lactones) is 1. The topological polar surface area (TPSA) is 46.6 Å². The van der Waals surface area contributed by atoms with Crippen molar-refractivity contribution >= 4 is 11.9 Å². The summed E-state index contributed by atoms with van der Waals surface area (Å²) in [6.45, 7) is 10.6. The van der Waals surface area contributed by atoms with E-state index in [0.29, 0.717) is 5.92 Å². The van der Waals surface area contributed by atoms with Crippen LogP contribution in [0.4, 0.5) is 0 Å². The largest absolute Gasteiger partial charge is 0.462 e. The quantitative estimate of drug-likeness (QED) is 0.610. The first kappa shape index (κ1) is 20.7. The number of carbonyl (C=O) groups is 2. The van der Waals surface area contributed by atoms with Gasteiger partial charge in [0, 0.05) is 19.2 Å². The first-order valence-corrected chi connectivity index (χ1v) is 9.24. The molecule has 1 amide bonds.